The van der Waals surface area contributed by atoms with Crippen molar-refractivity contribution in [3.8, 4) is 12.1 Å². The average Bonchev–Trinajstić information content (AvgIpc) is 2.17. The van der Waals surface area contributed by atoms with E-state index in [1.54, 1.807) is 30.0 Å². The van der Waals surface area contributed by atoms with Crippen LogP contribution < -0.4 is 0 Å². The van der Waals surface area contributed by atoms with E-state index >= 15 is 0 Å². The molecule has 0 atom stereocenters. The highest BCUT2D eigenvalue weighted by Crippen LogP contribution is 2.20. The summed E-state index contributed by atoms with van der Waals surface area (Å²) in [6, 6.07) is 9.27. The fourth-order valence-corrected chi connectivity index (χ4v) is 1.73. The van der Waals surface area contributed by atoms with Crippen LogP contribution in [0.2, 0.25) is 0 Å². The normalized spacial score (nSPS) is 8.85. The quantitative estimate of drug-likeness (QED) is 0.670. The Balaban J connectivity index is 3.11. The maximum Gasteiger partial charge on any atom is 0.0992 e. The van der Waals surface area contributed by atoms with E-state index < -0.39 is 0 Å². The van der Waals surface area contributed by atoms with Gasteiger partial charge in [0.2, 0.25) is 0 Å². The zero-order valence-corrected chi connectivity index (χ0v) is 8.06. The summed E-state index contributed by atoms with van der Waals surface area (Å²) in [4.78, 5) is 0.984. The van der Waals surface area contributed by atoms with Crippen LogP contribution in [0.4, 0.5) is 0 Å². The Bertz CT molecular complexity index is 353. The minimum Gasteiger partial charge on any atom is -0.192 e. The highest BCUT2D eigenvalue weighted by molar-refractivity contribution is 7.99. The summed E-state index contributed by atoms with van der Waals surface area (Å²) in [6.07, 6.45) is 0. The van der Waals surface area contributed by atoms with Crippen molar-refractivity contribution in [1.29, 1.82) is 10.5 Å². The maximum atomic E-state index is 8.68. The molecule has 1 aromatic rings. The molecule has 0 bridgehead atoms. The minimum atomic E-state index is 0.551. The van der Waals surface area contributed by atoms with Gasteiger partial charge in [0.25, 0.3) is 0 Å². The van der Waals surface area contributed by atoms with Crippen LogP contribution in [0.1, 0.15) is 18.1 Å². The third-order valence-corrected chi connectivity index (χ3v) is 2.33. The average molecular weight is 188 g/mol. The highest BCUT2D eigenvalue weighted by Gasteiger charge is 1.99. The van der Waals surface area contributed by atoms with Gasteiger partial charge in [-0.05, 0) is 24.0 Å². The predicted octanol–water partition coefficient (Wildman–Crippen LogP) is 2.54. The molecule has 3 heteroatoms. The summed E-state index contributed by atoms with van der Waals surface area (Å²) in [5, 5.41) is 17.4. The van der Waals surface area contributed by atoms with Gasteiger partial charge in [-0.2, -0.15) is 10.5 Å². The molecule has 0 amide bonds. The molecule has 1 aromatic carbocycles. The molecule has 0 fully saturated rings. The number of thioether (sulfide) groups is 1. The number of nitriles is 2. The molecule has 64 valence electrons. The van der Waals surface area contributed by atoms with E-state index in [4.69, 9.17) is 10.5 Å². The lowest BCUT2D eigenvalue weighted by Crippen LogP contribution is -1.82. The Kier molecular flexibility index (Phi) is 3.37. The topological polar surface area (TPSA) is 47.6 Å². The fraction of sp³-hybridized carbons (Fsp3) is 0.200. The van der Waals surface area contributed by atoms with Gasteiger partial charge in [0.05, 0.1) is 23.3 Å². The van der Waals surface area contributed by atoms with Gasteiger partial charge in [-0.15, -0.1) is 11.8 Å². The Morgan fingerprint density at radius 1 is 1.15 bits per heavy atom. The minimum absolute atomic E-state index is 0.551. The smallest absolute Gasteiger partial charge is 0.0992 e. The first kappa shape index (κ1) is 9.64. The molecule has 0 saturated heterocycles. The second kappa shape index (κ2) is 4.54. The second-order valence-electron chi connectivity index (χ2n) is 2.40. The fourth-order valence-electron chi connectivity index (χ4n) is 0.978. The van der Waals surface area contributed by atoms with Crippen LogP contribution in [-0.2, 0) is 0 Å². The predicted molar refractivity (Wildman–Crippen MR) is 52.3 cm³/mol. The van der Waals surface area contributed by atoms with Crippen LogP contribution in [0.25, 0.3) is 0 Å². The molecule has 2 nitrogen and oxygen atoms in total. The molecule has 0 N–H and O–H groups in total. The van der Waals surface area contributed by atoms with Crippen molar-refractivity contribution in [2.24, 2.45) is 0 Å². The lowest BCUT2D eigenvalue weighted by atomic mass is 10.1. The molecular formula is C10H8N2S. The summed E-state index contributed by atoms with van der Waals surface area (Å²) in [7, 11) is 0. The van der Waals surface area contributed by atoms with E-state index in [2.05, 4.69) is 0 Å². The van der Waals surface area contributed by atoms with Gasteiger partial charge in [0, 0.05) is 4.90 Å². The van der Waals surface area contributed by atoms with Gasteiger partial charge in [-0.1, -0.05) is 6.92 Å². The maximum absolute atomic E-state index is 8.68. The van der Waals surface area contributed by atoms with Crippen molar-refractivity contribution >= 4 is 11.8 Å². The second-order valence-corrected chi connectivity index (χ2v) is 3.74. The SMILES string of the molecule is CCSc1cc(C#N)cc(C#N)c1. The zero-order chi connectivity index (χ0) is 9.68. The lowest BCUT2D eigenvalue weighted by Gasteiger charge is -1.99. The van der Waals surface area contributed by atoms with Gasteiger partial charge in [0.15, 0.2) is 0 Å². The molecule has 0 heterocycles. The largest absolute Gasteiger partial charge is 0.192 e. The van der Waals surface area contributed by atoms with Crippen LogP contribution in [0.3, 0.4) is 0 Å². The zero-order valence-electron chi connectivity index (χ0n) is 7.24. The molecule has 0 aliphatic carbocycles. The summed E-state index contributed by atoms with van der Waals surface area (Å²) in [6.45, 7) is 2.04. The van der Waals surface area contributed by atoms with Crippen LogP contribution in [0.5, 0.6) is 0 Å². The monoisotopic (exact) mass is 188 g/mol. The molecule has 0 unspecified atom stereocenters. The van der Waals surface area contributed by atoms with Crippen molar-refractivity contribution < 1.29 is 0 Å². The third-order valence-electron chi connectivity index (χ3n) is 1.48. The molecule has 0 aliphatic rings. The van der Waals surface area contributed by atoms with Crippen molar-refractivity contribution in [3.63, 3.8) is 0 Å². The number of hydrogen-bond acceptors (Lipinski definition) is 3. The van der Waals surface area contributed by atoms with Crippen molar-refractivity contribution in [2.75, 3.05) is 5.75 Å². The van der Waals surface area contributed by atoms with Crippen LogP contribution in [-0.4, -0.2) is 5.75 Å². The van der Waals surface area contributed by atoms with Crippen molar-refractivity contribution in [1.82, 2.24) is 0 Å². The Morgan fingerprint density at radius 2 is 1.69 bits per heavy atom. The first-order valence-corrected chi connectivity index (χ1v) is 4.86. The summed E-state index contributed by atoms with van der Waals surface area (Å²) in [5.41, 5.74) is 1.10. The summed E-state index contributed by atoms with van der Waals surface area (Å²) >= 11 is 1.63. The first-order valence-electron chi connectivity index (χ1n) is 3.88. The van der Waals surface area contributed by atoms with Gasteiger partial charge < -0.3 is 0 Å². The first-order chi connectivity index (χ1) is 6.30. The van der Waals surface area contributed by atoms with E-state index in [0.717, 1.165) is 10.6 Å². The molecule has 0 saturated carbocycles. The third kappa shape index (κ3) is 2.50. The lowest BCUT2D eigenvalue weighted by molar-refractivity contribution is 1.36. The van der Waals surface area contributed by atoms with Crippen LogP contribution >= 0.6 is 11.8 Å². The Morgan fingerprint density at radius 3 is 2.08 bits per heavy atom. The number of hydrogen-bond donors (Lipinski definition) is 0. The Labute approximate surface area is 81.8 Å². The van der Waals surface area contributed by atoms with E-state index in [1.165, 1.54) is 0 Å². The molecule has 13 heavy (non-hydrogen) atoms. The van der Waals surface area contributed by atoms with E-state index in [-0.39, 0.29) is 0 Å². The molecule has 1 rings (SSSR count). The standard InChI is InChI=1S/C10H8N2S/c1-2-13-10-4-8(6-11)3-9(5-10)7-12/h3-5H,2H2,1H3. The van der Waals surface area contributed by atoms with Crippen molar-refractivity contribution in [2.45, 2.75) is 11.8 Å². The van der Waals surface area contributed by atoms with E-state index in [1.807, 2.05) is 19.1 Å². The number of nitrogens with zero attached hydrogens (tertiary/aromatic N) is 2. The molecule has 0 radical (unpaired) electrons. The highest BCUT2D eigenvalue weighted by atomic mass is 32.2. The molecular weight excluding hydrogens is 180 g/mol. The van der Waals surface area contributed by atoms with Crippen LogP contribution in [0, 0.1) is 22.7 Å². The molecule has 0 spiro atoms. The Hall–Kier alpha value is -1.45. The van der Waals surface area contributed by atoms with E-state index in [0.29, 0.717) is 11.1 Å². The molecule has 0 aromatic heterocycles. The number of rotatable bonds is 2. The summed E-state index contributed by atoms with van der Waals surface area (Å²) in [5.74, 6) is 0.944. The van der Waals surface area contributed by atoms with Gasteiger partial charge in [-0.3, -0.25) is 0 Å². The van der Waals surface area contributed by atoms with Crippen molar-refractivity contribution in [3.05, 3.63) is 29.3 Å². The van der Waals surface area contributed by atoms with Gasteiger partial charge in [0.1, 0.15) is 0 Å². The van der Waals surface area contributed by atoms with E-state index in [9.17, 15) is 0 Å². The van der Waals surface area contributed by atoms with Gasteiger partial charge >= 0.3 is 0 Å². The summed E-state index contributed by atoms with van der Waals surface area (Å²) < 4.78 is 0. The number of benzene rings is 1. The van der Waals surface area contributed by atoms with Gasteiger partial charge in [-0.25, -0.2) is 0 Å². The molecule has 0 aliphatic heterocycles. The van der Waals surface area contributed by atoms with Crippen LogP contribution in [0.15, 0.2) is 23.1 Å².